The fourth-order valence-electron chi connectivity index (χ4n) is 5.33. The molecule has 1 aromatic carbocycles. The minimum Gasteiger partial charge on any atom is -0.444 e. The average Bonchev–Trinajstić information content (AvgIpc) is 3.40. The molecule has 5 atom stereocenters. The summed E-state index contributed by atoms with van der Waals surface area (Å²) < 4.78 is 11.1. The Morgan fingerprint density at radius 1 is 1.10 bits per heavy atom. The molecule has 0 bridgehead atoms. The summed E-state index contributed by atoms with van der Waals surface area (Å²) in [6, 6.07) is 5.52. The minimum atomic E-state index is -1.02. The third-order valence-corrected chi connectivity index (χ3v) is 7.63. The van der Waals surface area contributed by atoms with E-state index in [-0.39, 0.29) is 17.9 Å². The third-order valence-electron chi connectivity index (χ3n) is 7.63. The number of carbonyl (C=O) groups excluding carboxylic acids is 4. The monoisotopic (exact) mass is 558 g/mol. The molecule has 2 N–H and O–H groups in total. The van der Waals surface area contributed by atoms with Crippen molar-refractivity contribution in [1.29, 1.82) is 0 Å². The van der Waals surface area contributed by atoms with Gasteiger partial charge in [-0.2, -0.15) is 0 Å². The maximum atomic E-state index is 13.9. The fraction of sp³-hybridized carbons (Fsp3) is 0.667. The summed E-state index contributed by atoms with van der Waals surface area (Å²) >= 11 is 0. The molecule has 40 heavy (non-hydrogen) atoms. The van der Waals surface area contributed by atoms with Gasteiger partial charge in [0, 0.05) is 20.2 Å². The lowest BCUT2D eigenvalue weighted by molar-refractivity contribution is -0.145. The van der Waals surface area contributed by atoms with Crippen molar-refractivity contribution in [3.8, 4) is 0 Å². The number of fused-ring (bicyclic) bond motifs is 1. The molecule has 1 aliphatic carbocycles. The lowest BCUT2D eigenvalue weighted by Crippen LogP contribution is -2.60. The standard InChI is InChI=1S/C30H46N4O6/c1-8-39-20(3)25(32-26(35)19(2)33(7)29(38)40-30(4,5)6)28(37)34-18-12-17-24(34)27(36)31-23-16-11-14-21-13-9-10-15-22(21)23/h9-10,13,15,19-20,23-25H,8,11-12,14,16-18H2,1-7H3,(H,31,36)(H,32,35)/t19-,20+,23+,24-,25-/m0/s1. The molecule has 1 heterocycles. The number of benzene rings is 1. The molecule has 0 aromatic heterocycles. The molecule has 4 amide bonds. The van der Waals surface area contributed by atoms with Crippen molar-refractivity contribution in [2.75, 3.05) is 20.2 Å². The van der Waals surface area contributed by atoms with Crippen molar-refractivity contribution in [2.24, 2.45) is 0 Å². The molecule has 1 fully saturated rings. The van der Waals surface area contributed by atoms with Gasteiger partial charge in [0.25, 0.3) is 0 Å². The molecule has 0 saturated carbocycles. The largest absolute Gasteiger partial charge is 0.444 e. The van der Waals surface area contributed by atoms with Crippen LogP contribution in [-0.2, 0) is 30.3 Å². The molecule has 0 unspecified atom stereocenters. The van der Waals surface area contributed by atoms with Gasteiger partial charge in [-0.15, -0.1) is 0 Å². The number of nitrogens with one attached hydrogen (secondary N) is 2. The van der Waals surface area contributed by atoms with E-state index in [9.17, 15) is 19.2 Å². The van der Waals surface area contributed by atoms with Crippen LogP contribution in [0.5, 0.6) is 0 Å². The summed E-state index contributed by atoms with van der Waals surface area (Å²) in [5, 5.41) is 5.98. The van der Waals surface area contributed by atoms with Crippen LogP contribution < -0.4 is 10.6 Å². The molecule has 0 spiro atoms. The highest BCUT2D eigenvalue weighted by atomic mass is 16.6. The van der Waals surface area contributed by atoms with E-state index in [1.165, 1.54) is 17.5 Å². The maximum absolute atomic E-state index is 13.9. The Bertz CT molecular complexity index is 1070. The zero-order chi connectivity index (χ0) is 29.6. The third kappa shape index (κ3) is 7.74. The predicted molar refractivity (Wildman–Crippen MR) is 151 cm³/mol. The Balaban J connectivity index is 1.72. The van der Waals surface area contributed by atoms with Gasteiger partial charge in [0.15, 0.2) is 0 Å². The van der Waals surface area contributed by atoms with Crippen LogP contribution in [0.4, 0.5) is 4.79 Å². The van der Waals surface area contributed by atoms with Crippen molar-refractivity contribution in [3.05, 3.63) is 35.4 Å². The van der Waals surface area contributed by atoms with E-state index in [4.69, 9.17) is 9.47 Å². The fourth-order valence-corrected chi connectivity index (χ4v) is 5.33. The van der Waals surface area contributed by atoms with E-state index < -0.39 is 41.8 Å². The number of amides is 4. The van der Waals surface area contributed by atoms with E-state index in [0.717, 1.165) is 24.8 Å². The molecule has 2 aliphatic rings. The van der Waals surface area contributed by atoms with Crippen LogP contribution in [-0.4, -0.2) is 83.6 Å². The van der Waals surface area contributed by atoms with E-state index >= 15 is 0 Å². The van der Waals surface area contributed by atoms with Gasteiger partial charge in [0.2, 0.25) is 17.7 Å². The van der Waals surface area contributed by atoms with Gasteiger partial charge < -0.3 is 25.0 Å². The maximum Gasteiger partial charge on any atom is 0.410 e. The van der Waals surface area contributed by atoms with Gasteiger partial charge >= 0.3 is 6.09 Å². The average molecular weight is 559 g/mol. The Morgan fingerprint density at radius 3 is 2.48 bits per heavy atom. The second-order valence-corrected chi connectivity index (χ2v) is 11.8. The first kappa shape index (κ1) is 31.4. The highest BCUT2D eigenvalue weighted by molar-refractivity contribution is 5.94. The first-order valence-electron chi connectivity index (χ1n) is 14.4. The Kier molecular flexibility index (Phi) is 10.6. The smallest absolute Gasteiger partial charge is 0.410 e. The number of rotatable bonds is 9. The van der Waals surface area contributed by atoms with Gasteiger partial charge in [-0.3, -0.25) is 19.3 Å². The van der Waals surface area contributed by atoms with Gasteiger partial charge in [0.1, 0.15) is 23.7 Å². The van der Waals surface area contributed by atoms with Crippen LogP contribution in [0, 0.1) is 0 Å². The van der Waals surface area contributed by atoms with Crippen molar-refractivity contribution < 1.29 is 28.7 Å². The molecule has 0 radical (unpaired) electrons. The van der Waals surface area contributed by atoms with Crippen molar-refractivity contribution in [1.82, 2.24) is 20.4 Å². The van der Waals surface area contributed by atoms with Crippen molar-refractivity contribution >= 4 is 23.8 Å². The summed E-state index contributed by atoms with van der Waals surface area (Å²) in [4.78, 5) is 55.8. The normalized spacial score (nSPS) is 21.0. The molecule has 3 rings (SSSR count). The van der Waals surface area contributed by atoms with Gasteiger partial charge in [-0.05, 0) is 84.8 Å². The second kappa shape index (κ2) is 13.5. The first-order valence-corrected chi connectivity index (χ1v) is 14.4. The van der Waals surface area contributed by atoms with E-state index in [2.05, 4.69) is 22.8 Å². The Morgan fingerprint density at radius 2 is 1.80 bits per heavy atom. The molecular weight excluding hydrogens is 512 g/mol. The van der Waals surface area contributed by atoms with Gasteiger partial charge in [-0.25, -0.2) is 4.79 Å². The Labute approximate surface area is 238 Å². The van der Waals surface area contributed by atoms with Crippen LogP contribution in [0.15, 0.2) is 24.3 Å². The number of hydrogen-bond donors (Lipinski definition) is 2. The molecule has 1 aromatic rings. The predicted octanol–water partition coefficient (Wildman–Crippen LogP) is 3.34. The zero-order valence-corrected chi connectivity index (χ0v) is 25.0. The first-order chi connectivity index (χ1) is 18.8. The summed E-state index contributed by atoms with van der Waals surface area (Å²) in [7, 11) is 1.48. The van der Waals surface area contributed by atoms with Crippen molar-refractivity contribution in [3.63, 3.8) is 0 Å². The van der Waals surface area contributed by atoms with Crippen LogP contribution in [0.2, 0.25) is 0 Å². The molecule has 1 saturated heterocycles. The zero-order valence-electron chi connectivity index (χ0n) is 25.0. The summed E-state index contributed by atoms with van der Waals surface area (Å²) in [5.74, 6) is -1.07. The van der Waals surface area contributed by atoms with Crippen LogP contribution in [0.3, 0.4) is 0 Å². The van der Waals surface area contributed by atoms with Gasteiger partial charge in [-0.1, -0.05) is 24.3 Å². The highest BCUT2D eigenvalue weighted by Crippen LogP contribution is 2.30. The SMILES string of the molecule is CCO[C@H](C)[C@H](NC(=O)[C@H](C)N(C)C(=O)OC(C)(C)C)C(=O)N1CCC[C@H]1C(=O)N[C@@H]1CCCc2ccccc21. The number of hydrogen-bond acceptors (Lipinski definition) is 6. The quantitative estimate of drug-likeness (QED) is 0.480. The van der Waals surface area contributed by atoms with Crippen molar-refractivity contribution in [2.45, 2.75) is 110 Å². The lowest BCUT2D eigenvalue weighted by Gasteiger charge is -2.34. The number of likely N-dealkylation sites (N-methyl/N-ethyl adjacent to an activating group) is 1. The number of likely N-dealkylation sites (tertiary alicyclic amines) is 1. The second-order valence-electron chi connectivity index (χ2n) is 11.8. The summed E-state index contributed by atoms with van der Waals surface area (Å²) in [6.07, 6.45) is 2.79. The number of carbonyl (C=O) groups is 4. The van der Waals surface area contributed by atoms with Gasteiger partial charge in [0.05, 0.1) is 12.1 Å². The minimum absolute atomic E-state index is 0.0860. The van der Waals surface area contributed by atoms with Crippen LogP contribution >= 0.6 is 0 Å². The summed E-state index contributed by atoms with van der Waals surface area (Å²) in [6.45, 7) is 11.1. The lowest BCUT2D eigenvalue weighted by atomic mass is 9.87. The highest BCUT2D eigenvalue weighted by Gasteiger charge is 2.41. The number of ether oxygens (including phenoxy) is 2. The molecule has 1 aliphatic heterocycles. The molecule has 10 nitrogen and oxygen atoms in total. The summed E-state index contributed by atoms with van der Waals surface area (Å²) in [5.41, 5.74) is 1.67. The van der Waals surface area contributed by atoms with E-state index in [0.29, 0.717) is 26.0 Å². The van der Waals surface area contributed by atoms with E-state index in [1.54, 1.807) is 39.5 Å². The van der Waals surface area contributed by atoms with Crippen LogP contribution in [0.25, 0.3) is 0 Å². The number of nitrogens with zero attached hydrogens (tertiary/aromatic N) is 2. The van der Waals surface area contributed by atoms with Crippen LogP contribution in [0.1, 0.15) is 84.4 Å². The molecule has 222 valence electrons. The molecular formula is C30H46N4O6. The Hall–Kier alpha value is -3.14. The number of aryl methyl sites for hydroxylation is 1. The topological polar surface area (TPSA) is 117 Å². The van der Waals surface area contributed by atoms with E-state index in [1.807, 2.05) is 19.1 Å². The molecule has 10 heteroatoms.